The Kier molecular flexibility index (Phi) is 13.9. The van der Waals surface area contributed by atoms with Gasteiger partial charge in [-0.3, -0.25) is 4.79 Å². The second-order valence-corrected chi connectivity index (χ2v) is 12.3. The van der Waals surface area contributed by atoms with E-state index in [1.54, 1.807) is 73.3 Å². The second-order valence-electron chi connectivity index (χ2n) is 12.3. The van der Waals surface area contributed by atoms with Gasteiger partial charge in [0.2, 0.25) is 0 Å². The Bertz CT molecular complexity index is 1290. The molecule has 4 atom stereocenters. The van der Waals surface area contributed by atoms with Crippen LogP contribution in [-0.2, 0) is 4.74 Å². The maximum Gasteiger partial charge on any atom is 0.321 e. The third kappa shape index (κ3) is 10.8. The van der Waals surface area contributed by atoms with Crippen LogP contribution in [0.2, 0.25) is 0 Å². The van der Waals surface area contributed by atoms with Crippen LogP contribution in [0.4, 0.5) is 21.0 Å². The molecule has 2 aromatic carbocycles. The molecule has 0 spiro atoms. The van der Waals surface area contributed by atoms with Crippen LogP contribution in [0.15, 0.2) is 42.5 Å². The minimum atomic E-state index is -0.522. The number of likely N-dealkylation sites (N-methyl/N-ethyl adjacent to an activating group) is 1. The Morgan fingerprint density at radius 3 is 2.41 bits per heavy atom. The van der Waals surface area contributed by atoms with Crippen molar-refractivity contribution in [3.05, 3.63) is 48.0 Å². The van der Waals surface area contributed by atoms with E-state index in [1.807, 2.05) is 27.7 Å². The maximum atomic E-state index is 14.2. The molecule has 254 valence electrons. The topological polar surface area (TPSA) is 142 Å². The van der Waals surface area contributed by atoms with Gasteiger partial charge in [-0.1, -0.05) is 6.92 Å². The van der Waals surface area contributed by atoms with Crippen LogP contribution in [0.25, 0.3) is 0 Å². The standard InChI is InChI=1S/C34H51N5O7/c1-22(2)35-33(42)36-27-13-16-30-29(18-27)32(41)39(24(4)21-40)19-23(3)31(45-17-9-8-10-25(5)46-30)20-38(6)34(43)37-26-11-14-28(44-7)15-12-26/h11-16,18,22-25,31,40H,8-10,17,19-21H2,1-7H3,(H,37,43)(H2,35,36,42)/t23-,24-,25-,31+/m1/s1. The highest BCUT2D eigenvalue weighted by molar-refractivity contribution is 5.99. The molecule has 3 rings (SSSR count). The quantitative estimate of drug-likeness (QED) is 0.311. The second kappa shape index (κ2) is 17.6. The minimum absolute atomic E-state index is 0.0618. The zero-order valence-electron chi connectivity index (χ0n) is 28.2. The third-order valence-corrected chi connectivity index (χ3v) is 7.87. The molecule has 0 fully saturated rings. The molecule has 1 aliphatic heterocycles. The predicted octanol–water partition coefficient (Wildman–Crippen LogP) is 5.18. The van der Waals surface area contributed by atoms with Gasteiger partial charge in [0.25, 0.3) is 5.91 Å². The minimum Gasteiger partial charge on any atom is -0.497 e. The zero-order valence-corrected chi connectivity index (χ0v) is 28.2. The van der Waals surface area contributed by atoms with Crippen molar-refractivity contribution >= 4 is 29.3 Å². The van der Waals surface area contributed by atoms with E-state index in [2.05, 4.69) is 16.0 Å². The first kappa shape index (κ1) is 36.4. The van der Waals surface area contributed by atoms with Gasteiger partial charge in [-0.15, -0.1) is 0 Å². The van der Waals surface area contributed by atoms with Gasteiger partial charge in [0.15, 0.2) is 0 Å². The number of carbonyl (C=O) groups excluding carboxylic acids is 3. The number of hydrogen-bond donors (Lipinski definition) is 4. The largest absolute Gasteiger partial charge is 0.497 e. The van der Waals surface area contributed by atoms with E-state index >= 15 is 0 Å². The number of hydrogen-bond acceptors (Lipinski definition) is 7. The predicted molar refractivity (Wildman–Crippen MR) is 179 cm³/mol. The summed E-state index contributed by atoms with van der Waals surface area (Å²) in [5.41, 5.74) is 1.36. The van der Waals surface area contributed by atoms with E-state index in [-0.39, 0.29) is 61.3 Å². The van der Waals surface area contributed by atoms with E-state index in [0.717, 1.165) is 19.3 Å². The number of nitrogens with one attached hydrogen (secondary N) is 3. The summed E-state index contributed by atoms with van der Waals surface area (Å²) >= 11 is 0. The number of fused-ring (bicyclic) bond motifs is 1. The fraction of sp³-hybridized carbons (Fsp3) is 0.559. The lowest BCUT2D eigenvalue weighted by Crippen LogP contribution is -2.48. The number of anilines is 2. The Labute approximate surface area is 272 Å². The van der Waals surface area contributed by atoms with Crippen molar-refractivity contribution in [1.29, 1.82) is 0 Å². The Morgan fingerprint density at radius 2 is 1.76 bits per heavy atom. The van der Waals surface area contributed by atoms with E-state index in [4.69, 9.17) is 14.2 Å². The van der Waals surface area contributed by atoms with Crippen molar-refractivity contribution in [2.75, 3.05) is 51.1 Å². The molecule has 0 aliphatic carbocycles. The number of amides is 5. The molecule has 1 heterocycles. The number of urea groups is 2. The SMILES string of the molecule is COc1ccc(NC(=O)N(C)C[C@@H]2OCCCC[C@@H](C)Oc3ccc(NC(=O)NC(C)C)cc3C(=O)N([C@H](C)CO)C[C@H]2C)cc1. The smallest absolute Gasteiger partial charge is 0.321 e. The summed E-state index contributed by atoms with van der Waals surface area (Å²) in [5.74, 6) is 0.551. The number of aliphatic hydroxyl groups is 1. The van der Waals surface area contributed by atoms with Crippen molar-refractivity contribution in [1.82, 2.24) is 15.1 Å². The summed E-state index contributed by atoms with van der Waals surface area (Å²) in [5, 5.41) is 18.7. The first-order chi connectivity index (χ1) is 21.9. The fourth-order valence-electron chi connectivity index (χ4n) is 5.14. The third-order valence-electron chi connectivity index (χ3n) is 7.87. The fourth-order valence-corrected chi connectivity index (χ4v) is 5.14. The van der Waals surface area contributed by atoms with Gasteiger partial charge < -0.3 is 45.1 Å². The van der Waals surface area contributed by atoms with Crippen LogP contribution in [0.5, 0.6) is 11.5 Å². The zero-order chi connectivity index (χ0) is 33.8. The summed E-state index contributed by atoms with van der Waals surface area (Å²) in [6, 6.07) is 10.9. The molecule has 5 amide bonds. The highest BCUT2D eigenvalue weighted by atomic mass is 16.5. The van der Waals surface area contributed by atoms with Crippen molar-refractivity contribution in [3.8, 4) is 11.5 Å². The number of rotatable bonds is 8. The molecule has 0 unspecified atom stereocenters. The summed E-state index contributed by atoms with van der Waals surface area (Å²) in [7, 11) is 3.29. The normalized spacial score (nSPS) is 20.1. The Hall–Kier alpha value is -4.03. The molecule has 0 bridgehead atoms. The average molecular weight is 642 g/mol. The molecular weight excluding hydrogens is 590 g/mol. The average Bonchev–Trinajstić information content (AvgIpc) is 3.02. The van der Waals surface area contributed by atoms with Gasteiger partial charge in [0.1, 0.15) is 11.5 Å². The summed E-state index contributed by atoms with van der Waals surface area (Å²) in [4.78, 5) is 43.0. The number of methoxy groups -OCH3 is 1. The molecule has 46 heavy (non-hydrogen) atoms. The monoisotopic (exact) mass is 641 g/mol. The highest BCUT2D eigenvalue weighted by Crippen LogP contribution is 2.28. The highest BCUT2D eigenvalue weighted by Gasteiger charge is 2.31. The van der Waals surface area contributed by atoms with Gasteiger partial charge >= 0.3 is 12.1 Å². The van der Waals surface area contributed by atoms with Crippen LogP contribution < -0.4 is 25.4 Å². The number of nitrogens with zero attached hydrogens (tertiary/aromatic N) is 2. The first-order valence-corrected chi connectivity index (χ1v) is 16.0. The molecule has 4 N–H and O–H groups in total. The van der Waals surface area contributed by atoms with Gasteiger partial charge in [-0.05, 0) is 89.4 Å². The van der Waals surface area contributed by atoms with Crippen LogP contribution in [-0.4, -0.2) is 97.6 Å². The van der Waals surface area contributed by atoms with Gasteiger partial charge in [-0.25, -0.2) is 9.59 Å². The van der Waals surface area contributed by atoms with Crippen molar-refractivity contribution in [2.45, 2.75) is 78.2 Å². The Morgan fingerprint density at radius 1 is 1.07 bits per heavy atom. The lowest BCUT2D eigenvalue weighted by atomic mass is 10.0. The lowest BCUT2D eigenvalue weighted by molar-refractivity contribution is -0.0115. The van der Waals surface area contributed by atoms with E-state index in [9.17, 15) is 19.5 Å². The molecule has 1 aliphatic rings. The van der Waals surface area contributed by atoms with Crippen LogP contribution >= 0.6 is 0 Å². The van der Waals surface area contributed by atoms with Crippen LogP contribution in [0, 0.1) is 5.92 Å². The van der Waals surface area contributed by atoms with Crippen molar-refractivity contribution in [2.24, 2.45) is 5.92 Å². The van der Waals surface area contributed by atoms with Gasteiger partial charge in [0.05, 0.1) is 37.5 Å². The summed E-state index contributed by atoms with van der Waals surface area (Å²) in [6.07, 6.45) is 1.83. The first-order valence-electron chi connectivity index (χ1n) is 16.0. The number of carbonyl (C=O) groups is 3. The van der Waals surface area contributed by atoms with E-state index in [1.165, 1.54) is 0 Å². The van der Waals surface area contributed by atoms with Crippen molar-refractivity contribution < 1.29 is 33.7 Å². The van der Waals surface area contributed by atoms with Crippen LogP contribution in [0.3, 0.4) is 0 Å². The molecule has 2 aromatic rings. The molecule has 0 saturated heterocycles. The van der Waals surface area contributed by atoms with E-state index in [0.29, 0.717) is 29.5 Å². The number of ether oxygens (including phenoxy) is 3. The molecular formula is C34H51N5O7. The van der Waals surface area contributed by atoms with Gasteiger partial charge in [0, 0.05) is 50.1 Å². The summed E-state index contributed by atoms with van der Waals surface area (Å²) < 4.78 is 17.8. The Balaban J connectivity index is 1.87. The number of benzene rings is 2. The van der Waals surface area contributed by atoms with E-state index < -0.39 is 12.1 Å². The van der Waals surface area contributed by atoms with Crippen molar-refractivity contribution in [3.63, 3.8) is 0 Å². The molecule has 12 heteroatoms. The van der Waals surface area contributed by atoms with Gasteiger partial charge in [-0.2, -0.15) is 0 Å². The van der Waals surface area contributed by atoms with Crippen LogP contribution in [0.1, 0.15) is 64.2 Å². The molecule has 0 radical (unpaired) electrons. The lowest BCUT2D eigenvalue weighted by Gasteiger charge is -2.35. The molecule has 12 nitrogen and oxygen atoms in total. The molecule has 0 saturated carbocycles. The number of aliphatic hydroxyl groups excluding tert-OH is 1. The maximum absolute atomic E-state index is 14.2. The molecule has 0 aromatic heterocycles. The summed E-state index contributed by atoms with van der Waals surface area (Å²) in [6.45, 7) is 10.2.